The van der Waals surface area contributed by atoms with Crippen LogP contribution in [0.1, 0.15) is 18.2 Å². The summed E-state index contributed by atoms with van der Waals surface area (Å²) in [7, 11) is 0. The molecule has 106 valence electrons. The molecule has 0 aliphatic rings. The first-order valence-electron chi connectivity index (χ1n) is 6.15. The van der Waals surface area contributed by atoms with Crippen LogP contribution in [0.15, 0.2) is 39.3 Å². The largest absolute Gasteiger partial charge is 0.360 e. The van der Waals surface area contributed by atoms with E-state index in [-0.39, 0.29) is 11.2 Å². The van der Waals surface area contributed by atoms with E-state index < -0.39 is 0 Å². The van der Waals surface area contributed by atoms with Gasteiger partial charge < -0.3 is 9.84 Å². The fourth-order valence-electron chi connectivity index (χ4n) is 1.56. The SMILES string of the molecule is Cc1cc(NC(=O)[C@@H](C)SCc2ccccc2Br)no1. The molecule has 0 saturated carbocycles. The van der Waals surface area contributed by atoms with Crippen molar-refractivity contribution < 1.29 is 9.32 Å². The van der Waals surface area contributed by atoms with Gasteiger partial charge in [0.05, 0.1) is 5.25 Å². The van der Waals surface area contributed by atoms with Gasteiger partial charge in [0, 0.05) is 16.3 Å². The highest BCUT2D eigenvalue weighted by atomic mass is 79.9. The quantitative estimate of drug-likeness (QED) is 0.881. The number of aromatic nitrogens is 1. The smallest absolute Gasteiger partial charge is 0.238 e. The van der Waals surface area contributed by atoms with Crippen LogP contribution in [-0.2, 0) is 10.5 Å². The minimum absolute atomic E-state index is 0.0737. The molecule has 1 amide bonds. The molecule has 0 saturated heterocycles. The molecule has 4 nitrogen and oxygen atoms in total. The van der Waals surface area contributed by atoms with Crippen molar-refractivity contribution in [1.29, 1.82) is 0 Å². The lowest BCUT2D eigenvalue weighted by Gasteiger charge is -2.11. The molecular weight excluding hydrogens is 340 g/mol. The zero-order valence-electron chi connectivity index (χ0n) is 11.2. The molecule has 2 aromatic rings. The molecule has 0 spiro atoms. The van der Waals surface area contributed by atoms with Crippen molar-refractivity contribution in [3.8, 4) is 0 Å². The highest BCUT2D eigenvalue weighted by Crippen LogP contribution is 2.24. The summed E-state index contributed by atoms with van der Waals surface area (Å²) < 4.78 is 5.97. The molecule has 1 atom stereocenters. The summed E-state index contributed by atoms with van der Waals surface area (Å²) in [4.78, 5) is 12.0. The van der Waals surface area contributed by atoms with E-state index in [0.29, 0.717) is 11.6 Å². The highest BCUT2D eigenvalue weighted by Gasteiger charge is 2.15. The number of nitrogens with zero attached hydrogens (tertiary/aromatic N) is 1. The number of amides is 1. The second-order valence-electron chi connectivity index (χ2n) is 4.36. The van der Waals surface area contributed by atoms with Crippen molar-refractivity contribution in [3.05, 3.63) is 46.1 Å². The fraction of sp³-hybridized carbons (Fsp3) is 0.286. The maximum absolute atomic E-state index is 12.0. The summed E-state index contributed by atoms with van der Waals surface area (Å²) in [6, 6.07) is 9.70. The average molecular weight is 355 g/mol. The van der Waals surface area contributed by atoms with E-state index in [9.17, 15) is 4.79 Å². The normalized spacial score (nSPS) is 12.2. The van der Waals surface area contributed by atoms with Gasteiger partial charge >= 0.3 is 0 Å². The van der Waals surface area contributed by atoms with Gasteiger partial charge in [0.2, 0.25) is 5.91 Å². The molecule has 6 heteroatoms. The first kappa shape index (κ1) is 15.1. The Bertz CT molecular complexity index is 600. The van der Waals surface area contributed by atoms with Gasteiger partial charge in [-0.2, -0.15) is 0 Å². The van der Waals surface area contributed by atoms with Crippen LogP contribution in [0.3, 0.4) is 0 Å². The number of halogens is 1. The summed E-state index contributed by atoms with van der Waals surface area (Å²) in [5.41, 5.74) is 1.18. The van der Waals surface area contributed by atoms with E-state index >= 15 is 0 Å². The van der Waals surface area contributed by atoms with Crippen LogP contribution in [0.2, 0.25) is 0 Å². The Morgan fingerprint density at radius 1 is 1.50 bits per heavy atom. The molecule has 0 aliphatic carbocycles. The Morgan fingerprint density at radius 3 is 2.90 bits per heavy atom. The molecule has 0 aliphatic heterocycles. The maximum Gasteiger partial charge on any atom is 0.238 e. The summed E-state index contributed by atoms with van der Waals surface area (Å²) in [6.45, 7) is 3.66. The van der Waals surface area contributed by atoms with E-state index in [0.717, 1.165) is 10.2 Å². The van der Waals surface area contributed by atoms with Gasteiger partial charge in [-0.15, -0.1) is 11.8 Å². The Balaban J connectivity index is 1.87. The number of carbonyl (C=O) groups excluding carboxylic acids is 1. The zero-order valence-corrected chi connectivity index (χ0v) is 13.6. The average Bonchev–Trinajstić information content (AvgIpc) is 2.82. The topological polar surface area (TPSA) is 55.1 Å². The van der Waals surface area contributed by atoms with Gasteiger partial charge in [-0.3, -0.25) is 4.79 Å². The molecular formula is C14H15BrN2O2S. The molecule has 0 unspecified atom stereocenters. The van der Waals surface area contributed by atoms with Gasteiger partial charge in [0.15, 0.2) is 5.82 Å². The monoisotopic (exact) mass is 354 g/mol. The first-order chi connectivity index (χ1) is 9.56. The lowest BCUT2D eigenvalue weighted by atomic mass is 10.2. The standard InChI is InChI=1S/C14H15BrN2O2S/c1-9-7-13(17-19-9)16-14(18)10(2)20-8-11-5-3-4-6-12(11)15/h3-7,10H,8H2,1-2H3,(H,16,17,18)/t10-/m1/s1. The van der Waals surface area contributed by atoms with Gasteiger partial charge in [-0.05, 0) is 25.5 Å². The van der Waals surface area contributed by atoms with Crippen molar-refractivity contribution in [2.24, 2.45) is 0 Å². The number of hydrogen-bond acceptors (Lipinski definition) is 4. The van der Waals surface area contributed by atoms with Crippen LogP contribution >= 0.6 is 27.7 Å². The van der Waals surface area contributed by atoms with Crippen molar-refractivity contribution >= 4 is 39.4 Å². The molecule has 0 radical (unpaired) electrons. The minimum atomic E-state index is -0.167. The maximum atomic E-state index is 12.0. The number of anilines is 1. The molecule has 0 fully saturated rings. The first-order valence-corrected chi connectivity index (χ1v) is 7.99. The van der Waals surface area contributed by atoms with E-state index in [1.807, 2.05) is 31.2 Å². The van der Waals surface area contributed by atoms with E-state index in [2.05, 4.69) is 26.4 Å². The Morgan fingerprint density at radius 2 is 2.25 bits per heavy atom. The minimum Gasteiger partial charge on any atom is -0.360 e. The van der Waals surface area contributed by atoms with Crippen molar-refractivity contribution in [2.75, 3.05) is 5.32 Å². The number of aryl methyl sites for hydroxylation is 1. The second kappa shape index (κ2) is 6.95. The van der Waals surface area contributed by atoms with Crippen molar-refractivity contribution in [3.63, 3.8) is 0 Å². The highest BCUT2D eigenvalue weighted by molar-refractivity contribution is 9.10. The van der Waals surface area contributed by atoms with Gasteiger partial charge in [-0.1, -0.05) is 39.3 Å². The van der Waals surface area contributed by atoms with Crippen LogP contribution in [0.4, 0.5) is 5.82 Å². The second-order valence-corrected chi connectivity index (χ2v) is 6.54. The number of nitrogens with one attached hydrogen (secondary N) is 1. The molecule has 1 aromatic carbocycles. The van der Waals surface area contributed by atoms with Crippen LogP contribution in [0.5, 0.6) is 0 Å². The third kappa shape index (κ3) is 4.11. The summed E-state index contributed by atoms with van der Waals surface area (Å²) >= 11 is 5.08. The number of carbonyl (C=O) groups is 1. The van der Waals surface area contributed by atoms with E-state index in [1.54, 1.807) is 24.8 Å². The molecule has 0 bridgehead atoms. The fourth-order valence-corrected chi connectivity index (χ4v) is 3.06. The predicted octanol–water partition coefficient (Wildman–Crippen LogP) is 4.01. The van der Waals surface area contributed by atoms with Gasteiger partial charge in [0.25, 0.3) is 0 Å². The van der Waals surface area contributed by atoms with Crippen molar-refractivity contribution in [2.45, 2.75) is 24.9 Å². The van der Waals surface area contributed by atoms with E-state index in [1.165, 1.54) is 5.56 Å². The van der Waals surface area contributed by atoms with Crippen molar-refractivity contribution in [1.82, 2.24) is 5.16 Å². The molecule has 1 aromatic heterocycles. The number of thioether (sulfide) groups is 1. The van der Waals surface area contributed by atoms with Crippen LogP contribution in [0.25, 0.3) is 0 Å². The van der Waals surface area contributed by atoms with Crippen LogP contribution < -0.4 is 5.32 Å². The van der Waals surface area contributed by atoms with Gasteiger partial charge in [-0.25, -0.2) is 0 Å². The third-order valence-electron chi connectivity index (χ3n) is 2.70. The van der Waals surface area contributed by atoms with Crippen LogP contribution in [-0.4, -0.2) is 16.3 Å². The van der Waals surface area contributed by atoms with Gasteiger partial charge in [0.1, 0.15) is 5.76 Å². The van der Waals surface area contributed by atoms with E-state index in [4.69, 9.17) is 4.52 Å². The molecule has 20 heavy (non-hydrogen) atoms. The lowest BCUT2D eigenvalue weighted by molar-refractivity contribution is -0.115. The number of rotatable bonds is 5. The third-order valence-corrected chi connectivity index (χ3v) is 4.66. The molecule has 2 rings (SSSR count). The summed E-state index contributed by atoms with van der Waals surface area (Å²) in [5, 5.41) is 6.32. The zero-order chi connectivity index (χ0) is 14.5. The Kier molecular flexibility index (Phi) is 5.25. The number of hydrogen-bond donors (Lipinski definition) is 1. The van der Waals surface area contributed by atoms with Crippen LogP contribution in [0, 0.1) is 6.92 Å². The lowest BCUT2D eigenvalue weighted by Crippen LogP contribution is -2.22. The Labute approximate surface area is 130 Å². The predicted molar refractivity (Wildman–Crippen MR) is 84.8 cm³/mol. The summed E-state index contributed by atoms with van der Waals surface area (Å²) in [5.74, 6) is 1.83. The Hall–Kier alpha value is -1.27. The molecule has 1 heterocycles. The summed E-state index contributed by atoms with van der Waals surface area (Å²) in [6.07, 6.45) is 0. The molecule has 1 N–H and O–H groups in total. The number of benzene rings is 1.